The van der Waals surface area contributed by atoms with E-state index in [0.717, 1.165) is 30.5 Å². The summed E-state index contributed by atoms with van der Waals surface area (Å²) in [5, 5.41) is 3.48. The van der Waals surface area contributed by atoms with Crippen LogP contribution in [-0.2, 0) is 6.54 Å². The van der Waals surface area contributed by atoms with Gasteiger partial charge in [0, 0.05) is 42.6 Å². The third kappa shape index (κ3) is 3.54. The van der Waals surface area contributed by atoms with E-state index in [9.17, 15) is 0 Å². The third-order valence-electron chi connectivity index (χ3n) is 4.78. The molecule has 3 rings (SSSR count). The van der Waals surface area contributed by atoms with Crippen molar-refractivity contribution in [3.63, 3.8) is 0 Å². The minimum absolute atomic E-state index is 0.128. The highest BCUT2D eigenvalue weighted by Crippen LogP contribution is 2.37. The summed E-state index contributed by atoms with van der Waals surface area (Å²) in [4.78, 5) is 11.7. The number of fused-ring (bicyclic) bond motifs is 1. The summed E-state index contributed by atoms with van der Waals surface area (Å²) >= 11 is 0. The van der Waals surface area contributed by atoms with Gasteiger partial charge in [0.2, 0.25) is 5.95 Å². The molecular weight excluding hydrogens is 260 g/mol. The normalized spacial score (nSPS) is 26.0. The average molecular weight is 288 g/mol. The highest BCUT2D eigenvalue weighted by Gasteiger charge is 2.36. The molecule has 1 saturated heterocycles. The van der Waals surface area contributed by atoms with Crippen molar-refractivity contribution >= 4 is 5.95 Å². The smallest absolute Gasteiger partial charge is 0.225 e. The lowest BCUT2D eigenvalue weighted by Crippen LogP contribution is -2.36. The maximum absolute atomic E-state index is 4.63. The first-order valence-electron chi connectivity index (χ1n) is 8.35. The summed E-state index contributed by atoms with van der Waals surface area (Å²) < 4.78 is 0. The van der Waals surface area contributed by atoms with Gasteiger partial charge in [-0.05, 0) is 46.0 Å². The molecule has 2 aliphatic rings. The molecular formula is C17H28N4. The minimum atomic E-state index is 0.128. The van der Waals surface area contributed by atoms with E-state index >= 15 is 0 Å². The van der Waals surface area contributed by atoms with Gasteiger partial charge in [0.1, 0.15) is 0 Å². The first kappa shape index (κ1) is 14.8. The van der Waals surface area contributed by atoms with Crippen LogP contribution >= 0.6 is 0 Å². The van der Waals surface area contributed by atoms with Gasteiger partial charge >= 0.3 is 0 Å². The summed E-state index contributed by atoms with van der Waals surface area (Å²) in [5.41, 5.74) is 1.29. The number of hydrogen-bond acceptors (Lipinski definition) is 4. The van der Waals surface area contributed by atoms with Crippen molar-refractivity contribution in [2.75, 3.05) is 11.4 Å². The lowest BCUT2D eigenvalue weighted by Gasteiger charge is -2.31. The van der Waals surface area contributed by atoms with E-state index in [2.05, 4.69) is 41.0 Å². The van der Waals surface area contributed by atoms with Gasteiger partial charge in [-0.3, -0.25) is 0 Å². The van der Waals surface area contributed by atoms with E-state index < -0.39 is 0 Å². The Bertz CT molecular complexity index is 463. The number of nitrogens with zero attached hydrogens (tertiary/aromatic N) is 3. The van der Waals surface area contributed by atoms with E-state index in [4.69, 9.17) is 0 Å². The molecule has 116 valence electrons. The van der Waals surface area contributed by atoms with Crippen LogP contribution in [0.4, 0.5) is 5.95 Å². The van der Waals surface area contributed by atoms with Gasteiger partial charge in [-0.15, -0.1) is 0 Å². The molecule has 2 unspecified atom stereocenters. The van der Waals surface area contributed by atoms with Crippen molar-refractivity contribution in [1.82, 2.24) is 15.3 Å². The summed E-state index contributed by atoms with van der Waals surface area (Å²) in [6.45, 7) is 8.49. The van der Waals surface area contributed by atoms with Gasteiger partial charge in [-0.25, -0.2) is 9.97 Å². The van der Waals surface area contributed by atoms with Crippen molar-refractivity contribution in [1.29, 1.82) is 0 Å². The van der Waals surface area contributed by atoms with E-state index in [-0.39, 0.29) is 5.54 Å². The second-order valence-corrected chi connectivity index (χ2v) is 7.59. The maximum atomic E-state index is 4.63. The zero-order valence-corrected chi connectivity index (χ0v) is 13.6. The Kier molecular flexibility index (Phi) is 4.16. The zero-order chi connectivity index (χ0) is 14.9. The van der Waals surface area contributed by atoms with Crippen LogP contribution in [-0.4, -0.2) is 28.1 Å². The summed E-state index contributed by atoms with van der Waals surface area (Å²) in [6.07, 6.45) is 10.8. The quantitative estimate of drug-likeness (QED) is 0.928. The molecule has 1 aliphatic carbocycles. The first-order valence-corrected chi connectivity index (χ1v) is 8.35. The Morgan fingerprint density at radius 1 is 1.14 bits per heavy atom. The fraction of sp³-hybridized carbons (Fsp3) is 0.765. The van der Waals surface area contributed by atoms with Gasteiger partial charge in [0.05, 0.1) is 0 Å². The molecule has 4 heteroatoms. The highest BCUT2D eigenvalue weighted by molar-refractivity contribution is 5.34. The summed E-state index contributed by atoms with van der Waals surface area (Å²) in [6, 6.07) is 0.692. The lowest BCUT2D eigenvalue weighted by atomic mass is 9.85. The second kappa shape index (κ2) is 5.91. The number of anilines is 1. The van der Waals surface area contributed by atoms with Gasteiger partial charge in [0.15, 0.2) is 0 Å². The van der Waals surface area contributed by atoms with Gasteiger partial charge in [0.25, 0.3) is 0 Å². The molecule has 2 atom stereocenters. The van der Waals surface area contributed by atoms with Crippen molar-refractivity contribution in [3.05, 3.63) is 18.0 Å². The zero-order valence-electron chi connectivity index (χ0n) is 13.6. The SMILES string of the molecule is CC(C)(C)NCc1cnc(N2CCC3CCCCC32)nc1. The van der Waals surface area contributed by atoms with Gasteiger partial charge < -0.3 is 10.2 Å². The van der Waals surface area contributed by atoms with E-state index in [1.165, 1.54) is 32.1 Å². The molecule has 0 spiro atoms. The summed E-state index contributed by atoms with van der Waals surface area (Å²) in [5.74, 6) is 1.81. The van der Waals surface area contributed by atoms with Crippen molar-refractivity contribution < 1.29 is 0 Å². The van der Waals surface area contributed by atoms with Crippen molar-refractivity contribution in [2.24, 2.45) is 5.92 Å². The van der Waals surface area contributed by atoms with E-state index in [1.807, 2.05) is 12.4 Å². The van der Waals surface area contributed by atoms with Gasteiger partial charge in [-0.1, -0.05) is 12.8 Å². The molecule has 4 nitrogen and oxygen atoms in total. The maximum Gasteiger partial charge on any atom is 0.225 e. The molecule has 2 fully saturated rings. The predicted octanol–water partition coefficient (Wildman–Crippen LogP) is 3.13. The molecule has 2 heterocycles. The molecule has 1 aliphatic heterocycles. The van der Waals surface area contributed by atoms with E-state index in [1.54, 1.807) is 0 Å². The fourth-order valence-electron chi connectivity index (χ4n) is 3.61. The van der Waals surface area contributed by atoms with Crippen molar-refractivity contribution in [2.45, 2.75) is 71.0 Å². The van der Waals surface area contributed by atoms with Crippen LogP contribution in [0.3, 0.4) is 0 Å². The standard InChI is InChI=1S/C17H28N4/c1-17(2,3)20-12-13-10-18-16(19-11-13)21-9-8-14-6-4-5-7-15(14)21/h10-11,14-15,20H,4-9,12H2,1-3H3. The number of rotatable bonds is 3. The molecule has 0 bridgehead atoms. The minimum Gasteiger partial charge on any atom is -0.338 e. The molecule has 0 amide bonds. The Morgan fingerprint density at radius 2 is 1.86 bits per heavy atom. The van der Waals surface area contributed by atoms with Crippen LogP contribution in [0.1, 0.15) is 58.4 Å². The molecule has 1 saturated carbocycles. The highest BCUT2D eigenvalue weighted by atomic mass is 15.3. The van der Waals surface area contributed by atoms with Crippen LogP contribution in [0, 0.1) is 5.92 Å². The average Bonchev–Trinajstić information content (AvgIpc) is 2.89. The van der Waals surface area contributed by atoms with Crippen molar-refractivity contribution in [3.8, 4) is 0 Å². The first-order chi connectivity index (χ1) is 10.0. The number of aromatic nitrogens is 2. The summed E-state index contributed by atoms with van der Waals surface area (Å²) in [7, 11) is 0. The van der Waals surface area contributed by atoms with Crippen LogP contribution in [0.15, 0.2) is 12.4 Å². The third-order valence-corrected chi connectivity index (χ3v) is 4.78. The van der Waals surface area contributed by atoms with Crippen LogP contribution in [0.25, 0.3) is 0 Å². The molecule has 1 N–H and O–H groups in total. The monoisotopic (exact) mass is 288 g/mol. The van der Waals surface area contributed by atoms with Gasteiger partial charge in [-0.2, -0.15) is 0 Å². The molecule has 1 aromatic rings. The Labute approximate surface area is 128 Å². The lowest BCUT2D eigenvalue weighted by molar-refractivity contribution is 0.340. The molecule has 0 aromatic carbocycles. The van der Waals surface area contributed by atoms with E-state index in [0.29, 0.717) is 6.04 Å². The van der Waals surface area contributed by atoms with Crippen LogP contribution in [0.2, 0.25) is 0 Å². The second-order valence-electron chi connectivity index (χ2n) is 7.59. The Morgan fingerprint density at radius 3 is 2.57 bits per heavy atom. The van der Waals surface area contributed by atoms with Crippen LogP contribution < -0.4 is 10.2 Å². The molecule has 0 radical (unpaired) electrons. The largest absolute Gasteiger partial charge is 0.338 e. The molecule has 21 heavy (non-hydrogen) atoms. The topological polar surface area (TPSA) is 41.1 Å². The number of nitrogens with one attached hydrogen (secondary N) is 1. The van der Waals surface area contributed by atoms with Crippen LogP contribution in [0.5, 0.6) is 0 Å². The predicted molar refractivity (Wildman–Crippen MR) is 86.3 cm³/mol. The molecule has 1 aromatic heterocycles. The fourth-order valence-corrected chi connectivity index (χ4v) is 3.61. The Balaban J connectivity index is 1.64. The Hall–Kier alpha value is -1.16. The number of hydrogen-bond donors (Lipinski definition) is 1.